The van der Waals surface area contributed by atoms with E-state index in [9.17, 15) is 0 Å². The molecule has 0 saturated heterocycles. The zero-order valence-corrected chi connectivity index (χ0v) is 32.2. The van der Waals surface area contributed by atoms with E-state index >= 15 is 0 Å². The number of halogens is 1. The van der Waals surface area contributed by atoms with Crippen LogP contribution < -0.4 is 21.7 Å². The van der Waals surface area contributed by atoms with Crippen molar-refractivity contribution < 1.29 is 0 Å². The molecule has 4 nitrogen and oxygen atoms in total. The van der Waals surface area contributed by atoms with Crippen LogP contribution in [0.5, 0.6) is 0 Å². The minimum Gasteiger partial charge on any atom is -0.399 e. The number of nitrogens with zero attached hydrogens (tertiary/aromatic N) is 1. The third-order valence-electron chi connectivity index (χ3n) is 8.24. The van der Waals surface area contributed by atoms with Gasteiger partial charge in [0.25, 0.3) is 0 Å². The molecule has 252 valence electrons. The molecule has 6 aromatic rings. The van der Waals surface area contributed by atoms with E-state index in [1.54, 1.807) is 0 Å². The predicted octanol–water partition coefficient (Wildman–Crippen LogP) is 12.5. The summed E-state index contributed by atoms with van der Waals surface area (Å²) in [4.78, 5) is 2.36. The molecule has 0 atom stereocenters. The minimum atomic E-state index is 0.812. The highest BCUT2D eigenvalue weighted by molar-refractivity contribution is 14.1. The van der Waals surface area contributed by atoms with Gasteiger partial charge in [-0.15, -0.1) is 0 Å². The van der Waals surface area contributed by atoms with E-state index in [-0.39, 0.29) is 0 Å². The van der Waals surface area contributed by atoms with Crippen LogP contribution in [0, 0.1) is 59.0 Å². The Bertz CT molecular complexity index is 1920. The van der Waals surface area contributed by atoms with Crippen LogP contribution in [0.4, 0.5) is 39.8 Å². The van der Waals surface area contributed by atoms with Crippen LogP contribution in [0.2, 0.25) is 0 Å². The summed E-state index contributed by atoms with van der Waals surface area (Å²) < 4.78 is 1.31. The summed E-state index contributed by atoms with van der Waals surface area (Å²) in [5.41, 5.74) is 28.3. The minimum absolute atomic E-state index is 0.812. The molecule has 0 aliphatic carbocycles. The van der Waals surface area contributed by atoms with Crippen LogP contribution in [0.3, 0.4) is 0 Å². The number of nitrogens with two attached hydrogens (primary N) is 2. The molecule has 0 aliphatic rings. The number of hydrogen-bond acceptors (Lipinski definition) is 4. The molecule has 0 amide bonds. The molecule has 0 heterocycles. The fourth-order valence-corrected chi connectivity index (χ4v) is 6.18. The number of rotatable bonds is 5. The van der Waals surface area contributed by atoms with Gasteiger partial charge < -0.3 is 21.7 Å². The van der Waals surface area contributed by atoms with Gasteiger partial charge in [-0.3, -0.25) is 0 Å². The van der Waals surface area contributed by atoms with Gasteiger partial charge in [0.05, 0.1) is 0 Å². The van der Waals surface area contributed by atoms with Gasteiger partial charge in [0.15, 0.2) is 0 Å². The molecule has 5 N–H and O–H groups in total. The van der Waals surface area contributed by atoms with E-state index in [0.29, 0.717) is 0 Å². The second-order valence-electron chi connectivity index (χ2n) is 12.8. The third kappa shape index (κ3) is 10.6. The fraction of sp³-hybridized carbons (Fsp3) is 0.182. The normalized spacial score (nSPS) is 10.3. The molecule has 0 saturated carbocycles. The van der Waals surface area contributed by atoms with E-state index in [0.717, 1.165) is 33.9 Å². The van der Waals surface area contributed by atoms with Gasteiger partial charge in [-0.1, -0.05) is 54.1 Å². The van der Waals surface area contributed by atoms with Crippen LogP contribution in [0.1, 0.15) is 44.5 Å². The van der Waals surface area contributed by atoms with Crippen LogP contribution in [-0.4, -0.2) is 0 Å². The molecule has 6 aromatic carbocycles. The van der Waals surface area contributed by atoms with E-state index in [4.69, 9.17) is 11.5 Å². The van der Waals surface area contributed by atoms with Crippen LogP contribution in [0.15, 0.2) is 121 Å². The maximum atomic E-state index is 5.63. The predicted molar refractivity (Wildman–Crippen MR) is 223 cm³/mol. The van der Waals surface area contributed by atoms with Gasteiger partial charge in [0.2, 0.25) is 0 Å². The van der Waals surface area contributed by atoms with Crippen molar-refractivity contribution >= 4 is 62.4 Å². The Morgan fingerprint density at radius 2 is 0.939 bits per heavy atom. The first-order chi connectivity index (χ1) is 23.3. The summed E-state index contributed by atoms with van der Waals surface area (Å²) in [5, 5.41) is 3.60. The SMILES string of the molecule is Cc1cc(N)c(C)cc1N.Cc1cccc(I)c1.Cc1cccc(Nc2cc(C)c(N(c3cccc(C)c3)c3cccc(C)c3)cc2C)c1. The summed E-state index contributed by atoms with van der Waals surface area (Å²) in [6, 6.07) is 42.6. The highest BCUT2D eigenvalue weighted by Crippen LogP contribution is 2.39. The number of aryl methyl sites for hydroxylation is 8. The second-order valence-corrected chi connectivity index (χ2v) is 14.1. The summed E-state index contributed by atoms with van der Waals surface area (Å²) >= 11 is 2.31. The van der Waals surface area contributed by atoms with Crippen molar-refractivity contribution in [1.82, 2.24) is 0 Å². The lowest BCUT2D eigenvalue weighted by Gasteiger charge is -2.28. The van der Waals surface area contributed by atoms with Crippen molar-refractivity contribution in [3.63, 3.8) is 0 Å². The molecule has 0 aliphatic heterocycles. The lowest BCUT2D eigenvalue weighted by molar-refractivity contribution is 1.22. The fourth-order valence-electron chi connectivity index (χ4n) is 5.48. The first-order valence-electron chi connectivity index (χ1n) is 16.5. The van der Waals surface area contributed by atoms with Crippen molar-refractivity contribution in [2.45, 2.75) is 55.4 Å². The zero-order chi connectivity index (χ0) is 35.7. The van der Waals surface area contributed by atoms with Crippen molar-refractivity contribution in [1.29, 1.82) is 0 Å². The molecular weight excluding hydrogens is 711 g/mol. The molecule has 0 spiro atoms. The van der Waals surface area contributed by atoms with Crippen molar-refractivity contribution in [3.05, 3.63) is 169 Å². The molecular formula is C44H49IN4. The molecule has 0 radical (unpaired) electrons. The van der Waals surface area contributed by atoms with Crippen LogP contribution >= 0.6 is 22.6 Å². The highest BCUT2D eigenvalue weighted by Gasteiger charge is 2.17. The molecule has 49 heavy (non-hydrogen) atoms. The third-order valence-corrected chi connectivity index (χ3v) is 8.91. The Kier molecular flexibility index (Phi) is 12.9. The number of nitrogens with one attached hydrogen (secondary N) is 1. The standard InChI is InChI=1S/C29H30N2.C8H12N2.C7H7I/c1-20-9-6-12-25(15-20)30-28-18-24(5)29(19-23(28)4)31(26-13-7-10-21(2)16-26)27-14-8-11-22(3)17-27;1-5-3-8(10)6(2)4-7(5)9;1-6-3-2-4-7(8)5-6/h6-19,30H,1-5H3;3-4H,9-10H2,1-2H3;2-5H,1H3. The number of anilines is 7. The number of nitrogen functional groups attached to an aromatic ring is 2. The van der Waals surface area contributed by atoms with Crippen molar-refractivity contribution in [2.24, 2.45) is 0 Å². The van der Waals surface area contributed by atoms with E-state index in [1.807, 2.05) is 26.0 Å². The van der Waals surface area contributed by atoms with Gasteiger partial charge in [-0.25, -0.2) is 0 Å². The topological polar surface area (TPSA) is 67.3 Å². The van der Waals surface area contributed by atoms with Gasteiger partial charge >= 0.3 is 0 Å². The summed E-state index contributed by atoms with van der Waals surface area (Å²) in [7, 11) is 0. The molecule has 0 aromatic heterocycles. The Labute approximate surface area is 307 Å². The van der Waals surface area contributed by atoms with Crippen LogP contribution in [-0.2, 0) is 0 Å². The largest absolute Gasteiger partial charge is 0.399 e. The molecule has 6 rings (SSSR count). The zero-order valence-electron chi connectivity index (χ0n) is 30.0. The summed E-state index contributed by atoms with van der Waals surface area (Å²) in [6.45, 7) is 16.8. The van der Waals surface area contributed by atoms with E-state index in [1.165, 1.54) is 54.0 Å². The van der Waals surface area contributed by atoms with Crippen molar-refractivity contribution in [2.75, 3.05) is 21.7 Å². The summed E-state index contributed by atoms with van der Waals surface area (Å²) in [5.74, 6) is 0. The van der Waals surface area contributed by atoms with Gasteiger partial charge in [-0.2, -0.15) is 0 Å². The molecule has 0 bridgehead atoms. The van der Waals surface area contributed by atoms with Gasteiger partial charge in [-0.05, 0) is 190 Å². The Morgan fingerprint density at radius 3 is 1.39 bits per heavy atom. The lowest BCUT2D eigenvalue weighted by Crippen LogP contribution is -2.12. The Morgan fingerprint density at radius 1 is 0.469 bits per heavy atom. The Balaban J connectivity index is 0.000000243. The van der Waals surface area contributed by atoms with E-state index in [2.05, 4.69) is 184 Å². The van der Waals surface area contributed by atoms with Crippen LogP contribution in [0.25, 0.3) is 0 Å². The number of benzene rings is 6. The maximum absolute atomic E-state index is 5.63. The maximum Gasteiger partial charge on any atom is 0.0494 e. The first-order valence-corrected chi connectivity index (χ1v) is 17.6. The smallest absolute Gasteiger partial charge is 0.0494 e. The average molecular weight is 761 g/mol. The second kappa shape index (κ2) is 17.1. The average Bonchev–Trinajstić information content (AvgIpc) is 3.03. The highest BCUT2D eigenvalue weighted by atomic mass is 127. The number of hydrogen-bond donors (Lipinski definition) is 3. The monoisotopic (exact) mass is 760 g/mol. The molecule has 0 fully saturated rings. The summed E-state index contributed by atoms with van der Waals surface area (Å²) in [6.07, 6.45) is 0. The Hall–Kier alpha value is -4.75. The molecule has 0 unspecified atom stereocenters. The van der Waals surface area contributed by atoms with Gasteiger partial charge in [0.1, 0.15) is 0 Å². The van der Waals surface area contributed by atoms with Gasteiger partial charge in [0, 0.05) is 43.4 Å². The van der Waals surface area contributed by atoms with E-state index < -0.39 is 0 Å². The first kappa shape index (κ1) is 37.1. The molecule has 5 heteroatoms. The lowest BCUT2D eigenvalue weighted by atomic mass is 10.0. The quantitative estimate of drug-likeness (QED) is 0.121. The van der Waals surface area contributed by atoms with Crippen molar-refractivity contribution in [3.8, 4) is 0 Å².